The van der Waals surface area contributed by atoms with Gasteiger partial charge in [-0.25, -0.2) is 0 Å². The first kappa shape index (κ1) is 23.0. The van der Waals surface area contributed by atoms with E-state index in [1.807, 2.05) is 26.8 Å². The van der Waals surface area contributed by atoms with Gasteiger partial charge in [0, 0.05) is 25.6 Å². The van der Waals surface area contributed by atoms with E-state index < -0.39 is 0 Å². The van der Waals surface area contributed by atoms with Gasteiger partial charge < -0.3 is 16.0 Å². The fourth-order valence-corrected chi connectivity index (χ4v) is 2.98. The Balaban J connectivity index is 2.75. The molecule has 27 heavy (non-hydrogen) atoms. The molecule has 0 radical (unpaired) electrons. The van der Waals surface area contributed by atoms with Gasteiger partial charge in [0.1, 0.15) is 0 Å². The van der Waals surface area contributed by atoms with Crippen molar-refractivity contribution < 1.29 is 4.79 Å². The van der Waals surface area contributed by atoms with Crippen LogP contribution < -0.4 is 16.0 Å². The van der Waals surface area contributed by atoms with Crippen LogP contribution in [0.15, 0.2) is 35.3 Å². The number of aliphatic imine (C=N–C) groups is 1. The van der Waals surface area contributed by atoms with E-state index in [9.17, 15) is 4.79 Å². The number of rotatable bonds is 11. The summed E-state index contributed by atoms with van der Waals surface area (Å²) in [5.74, 6) is 0.807. The number of nitrogens with one attached hydrogen (secondary N) is 3. The highest BCUT2D eigenvalue weighted by molar-refractivity contribution is 5.81. The third kappa shape index (κ3) is 8.91. The molecule has 1 aromatic rings. The zero-order chi connectivity index (χ0) is 20.1. The fourth-order valence-electron chi connectivity index (χ4n) is 2.98. The predicted molar refractivity (Wildman–Crippen MR) is 114 cm³/mol. The van der Waals surface area contributed by atoms with Crippen LogP contribution in [0.25, 0.3) is 0 Å². The molecule has 6 nitrogen and oxygen atoms in total. The van der Waals surface area contributed by atoms with Crippen molar-refractivity contribution in [3.05, 3.63) is 35.9 Å². The van der Waals surface area contributed by atoms with Crippen LogP contribution in [0.4, 0.5) is 0 Å². The molecule has 1 aromatic carbocycles. The highest BCUT2D eigenvalue weighted by Gasteiger charge is 2.17. The van der Waals surface area contributed by atoms with Crippen LogP contribution >= 0.6 is 0 Å². The molecule has 3 N–H and O–H groups in total. The summed E-state index contributed by atoms with van der Waals surface area (Å²) in [5, 5.41) is 9.44. The molecule has 0 aliphatic rings. The van der Waals surface area contributed by atoms with Crippen LogP contribution in [0.1, 0.15) is 52.6 Å². The Morgan fingerprint density at radius 3 is 2.30 bits per heavy atom. The van der Waals surface area contributed by atoms with Crippen LogP contribution in [-0.4, -0.2) is 55.5 Å². The largest absolute Gasteiger partial charge is 0.357 e. The maximum atomic E-state index is 11.8. The first-order chi connectivity index (χ1) is 13.0. The molecule has 1 unspecified atom stereocenters. The van der Waals surface area contributed by atoms with Gasteiger partial charge >= 0.3 is 0 Å². The summed E-state index contributed by atoms with van der Waals surface area (Å²) in [6.07, 6.45) is 0.431. The lowest BCUT2D eigenvalue weighted by Gasteiger charge is -2.29. The quantitative estimate of drug-likeness (QED) is 0.411. The zero-order valence-electron chi connectivity index (χ0n) is 17.6. The second-order valence-corrected chi connectivity index (χ2v) is 6.77. The molecule has 1 amide bonds. The monoisotopic (exact) mass is 375 g/mol. The summed E-state index contributed by atoms with van der Waals surface area (Å²) >= 11 is 0. The van der Waals surface area contributed by atoms with Crippen molar-refractivity contribution in [3.8, 4) is 0 Å². The van der Waals surface area contributed by atoms with Gasteiger partial charge in [0.15, 0.2) is 5.96 Å². The molecule has 1 atom stereocenters. The maximum absolute atomic E-state index is 11.8. The normalized spacial score (nSPS) is 12.9. The summed E-state index contributed by atoms with van der Waals surface area (Å²) in [4.78, 5) is 19.0. The number of nitrogens with zero attached hydrogens (tertiary/aromatic N) is 2. The SMILES string of the molecule is CCNC(=NCC(c1ccccc1)N(CC)CC)NCCC(=O)NC(C)C. The van der Waals surface area contributed by atoms with Crippen LogP contribution in [0.5, 0.6) is 0 Å². The molecule has 0 saturated carbocycles. The Kier molecular flexibility index (Phi) is 11.2. The van der Waals surface area contributed by atoms with Crippen molar-refractivity contribution in [2.75, 3.05) is 32.7 Å². The highest BCUT2D eigenvalue weighted by Crippen LogP contribution is 2.20. The number of carbonyl (C=O) groups excluding carboxylic acids is 1. The number of benzene rings is 1. The van der Waals surface area contributed by atoms with Crippen molar-refractivity contribution in [2.45, 2.75) is 53.1 Å². The predicted octanol–water partition coefficient (Wildman–Crippen LogP) is 2.54. The average molecular weight is 376 g/mol. The van der Waals surface area contributed by atoms with E-state index in [2.05, 4.69) is 59.0 Å². The Morgan fingerprint density at radius 1 is 1.07 bits per heavy atom. The van der Waals surface area contributed by atoms with Gasteiger partial charge in [0.2, 0.25) is 5.91 Å². The summed E-state index contributed by atoms with van der Waals surface area (Å²) in [6.45, 7) is 14.3. The molecule has 0 fully saturated rings. The van der Waals surface area contributed by atoms with Crippen molar-refractivity contribution in [1.29, 1.82) is 0 Å². The third-order valence-electron chi connectivity index (χ3n) is 4.30. The lowest BCUT2D eigenvalue weighted by atomic mass is 10.1. The number of likely N-dealkylation sites (N-methyl/N-ethyl adjacent to an activating group) is 1. The topological polar surface area (TPSA) is 68.8 Å². The van der Waals surface area contributed by atoms with Crippen molar-refractivity contribution in [3.63, 3.8) is 0 Å². The molecule has 1 rings (SSSR count). The van der Waals surface area contributed by atoms with Crippen LogP contribution in [0, 0.1) is 0 Å². The van der Waals surface area contributed by atoms with Crippen molar-refractivity contribution in [2.24, 2.45) is 4.99 Å². The Bertz CT molecular complexity index is 555. The third-order valence-corrected chi connectivity index (χ3v) is 4.30. The lowest BCUT2D eigenvalue weighted by Crippen LogP contribution is -2.40. The number of hydrogen-bond donors (Lipinski definition) is 3. The van der Waals surface area contributed by atoms with Crippen LogP contribution in [0.3, 0.4) is 0 Å². The van der Waals surface area contributed by atoms with E-state index in [0.717, 1.165) is 25.6 Å². The highest BCUT2D eigenvalue weighted by atomic mass is 16.1. The summed E-state index contributed by atoms with van der Waals surface area (Å²) in [5.41, 5.74) is 1.28. The molecule has 0 saturated heterocycles. The number of hydrogen-bond acceptors (Lipinski definition) is 3. The minimum absolute atomic E-state index is 0.0543. The zero-order valence-corrected chi connectivity index (χ0v) is 17.6. The average Bonchev–Trinajstić information content (AvgIpc) is 2.65. The smallest absolute Gasteiger partial charge is 0.221 e. The first-order valence-corrected chi connectivity index (χ1v) is 10.1. The maximum Gasteiger partial charge on any atom is 0.221 e. The molecule has 0 aliphatic carbocycles. The van der Waals surface area contributed by atoms with E-state index >= 15 is 0 Å². The standard InChI is InChI=1S/C21H37N5O/c1-6-22-21(23-15-14-20(27)25-17(4)5)24-16-19(26(7-2)8-3)18-12-10-9-11-13-18/h9-13,17,19H,6-8,14-16H2,1-5H3,(H,25,27)(H2,22,23,24). The van der Waals surface area contributed by atoms with E-state index in [0.29, 0.717) is 19.5 Å². The molecule has 152 valence electrons. The number of amides is 1. The molecule has 0 aromatic heterocycles. The minimum Gasteiger partial charge on any atom is -0.357 e. The molecular formula is C21H37N5O. The van der Waals surface area contributed by atoms with E-state index in [1.165, 1.54) is 5.56 Å². The Morgan fingerprint density at radius 2 is 1.74 bits per heavy atom. The van der Waals surface area contributed by atoms with Crippen molar-refractivity contribution in [1.82, 2.24) is 20.9 Å². The van der Waals surface area contributed by atoms with Crippen LogP contribution in [0.2, 0.25) is 0 Å². The van der Waals surface area contributed by atoms with Gasteiger partial charge in [-0.1, -0.05) is 44.2 Å². The lowest BCUT2D eigenvalue weighted by molar-refractivity contribution is -0.121. The van der Waals surface area contributed by atoms with Gasteiger partial charge in [0.05, 0.1) is 12.6 Å². The molecule has 0 heterocycles. The van der Waals surface area contributed by atoms with Crippen molar-refractivity contribution >= 4 is 11.9 Å². The van der Waals surface area contributed by atoms with Gasteiger partial charge in [-0.05, 0) is 39.4 Å². The van der Waals surface area contributed by atoms with E-state index in [-0.39, 0.29) is 18.0 Å². The Labute approximate surface area is 164 Å². The van der Waals surface area contributed by atoms with Crippen LogP contribution in [-0.2, 0) is 4.79 Å². The molecule has 0 spiro atoms. The summed E-state index contributed by atoms with van der Waals surface area (Å²) in [7, 11) is 0. The number of guanidine groups is 1. The van der Waals surface area contributed by atoms with E-state index in [4.69, 9.17) is 4.99 Å². The Hall–Kier alpha value is -2.08. The fraction of sp³-hybridized carbons (Fsp3) is 0.619. The summed E-state index contributed by atoms with van der Waals surface area (Å²) < 4.78 is 0. The minimum atomic E-state index is 0.0543. The number of carbonyl (C=O) groups is 1. The first-order valence-electron chi connectivity index (χ1n) is 10.1. The van der Waals surface area contributed by atoms with Gasteiger partial charge in [-0.2, -0.15) is 0 Å². The molecule has 6 heteroatoms. The molecule has 0 aliphatic heterocycles. The molecule has 0 bridgehead atoms. The molecular weight excluding hydrogens is 338 g/mol. The second kappa shape index (κ2) is 13.1. The van der Waals surface area contributed by atoms with Gasteiger partial charge in [-0.15, -0.1) is 0 Å². The van der Waals surface area contributed by atoms with Gasteiger partial charge in [-0.3, -0.25) is 14.7 Å². The summed E-state index contributed by atoms with van der Waals surface area (Å²) in [6, 6.07) is 10.9. The van der Waals surface area contributed by atoms with Gasteiger partial charge in [0.25, 0.3) is 0 Å². The van der Waals surface area contributed by atoms with E-state index in [1.54, 1.807) is 0 Å². The second-order valence-electron chi connectivity index (χ2n) is 6.77.